The van der Waals surface area contributed by atoms with Gasteiger partial charge < -0.3 is 20.7 Å². The summed E-state index contributed by atoms with van der Waals surface area (Å²) in [5.41, 5.74) is -0.448. The van der Waals surface area contributed by atoms with Crippen molar-refractivity contribution in [3.8, 4) is 0 Å². The van der Waals surface area contributed by atoms with E-state index in [-0.39, 0.29) is 12.1 Å². The molecule has 0 aromatic heterocycles. The highest BCUT2D eigenvalue weighted by atomic mass is 32.2. The number of carbonyl (C=O) groups is 1. The Morgan fingerprint density at radius 2 is 1.76 bits per heavy atom. The molecule has 3 N–H and O–H groups in total. The van der Waals surface area contributed by atoms with Crippen molar-refractivity contribution < 1.29 is 9.53 Å². The SMILES string of the molecule is CCNC(=NCCCSC)NC1CCC(NC(=O)OC(C)(C)C)CC1. The molecule has 0 saturated heterocycles. The van der Waals surface area contributed by atoms with Crippen LogP contribution >= 0.6 is 11.8 Å². The number of thioether (sulfide) groups is 1. The highest BCUT2D eigenvalue weighted by Gasteiger charge is 2.25. The minimum absolute atomic E-state index is 0.203. The summed E-state index contributed by atoms with van der Waals surface area (Å²) in [6, 6.07) is 0.615. The summed E-state index contributed by atoms with van der Waals surface area (Å²) in [7, 11) is 0. The molecule has 1 amide bonds. The number of aliphatic imine (C=N–C) groups is 1. The van der Waals surface area contributed by atoms with Gasteiger partial charge in [-0.1, -0.05) is 0 Å². The minimum atomic E-state index is -0.448. The first-order chi connectivity index (χ1) is 11.8. The molecular weight excluding hydrogens is 336 g/mol. The monoisotopic (exact) mass is 372 g/mol. The zero-order chi connectivity index (χ0) is 18.7. The molecule has 0 aromatic rings. The minimum Gasteiger partial charge on any atom is -0.444 e. The Hall–Kier alpha value is -1.11. The van der Waals surface area contributed by atoms with Crippen LogP contribution in [0, 0.1) is 0 Å². The van der Waals surface area contributed by atoms with Crippen molar-refractivity contribution in [2.24, 2.45) is 4.99 Å². The van der Waals surface area contributed by atoms with Crippen LogP contribution in [-0.2, 0) is 4.74 Å². The molecule has 0 unspecified atom stereocenters. The number of alkyl carbamates (subject to hydrolysis) is 1. The van der Waals surface area contributed by atoms with E-state index in [0.717, 1.165) is 56.9 Å². The second-order valence-corrected chi connectivity index (χ2v) is 8.43. The van der Waals surface area contributed by atoms with Crippen LogP contribution in [0.1, 0.15) is 59.8 Å². The van der Waals surface area contributed by atoms with Gasteiger partial charge in [0.2, 0.25) is 0 Å². The Kier molecular flexibility index (Phi) is 10.1. The van der Waals surface area contributed by atoms with E-state index in [0.29, 0.717) is 6.04 Å². The molecule has 6 nitrogen and oxygen atoms in total. The lowest BCUT2D eigenvalue weighted by Gasteiger charge is -2.31. The van der Waals surface area contributed by atoms with E-state index in [1.165, 1.54) is 0 Å². The molecule has 1 fully saturated rings. The molecule has 1 aliphatic rings. The number of amides is 1. The van der Waals surface area contributed by atoms with Crippen molar-refractivity contribution in [3.63, 3.8) is 0 Å². The molecule has 0 bridgehead atoms. The van der Waals surface area contributed by atoms with Crippen molar-refractivity contribution in [2.45, 2.75) is 77.5 Å². The van der Waals surface area contributed by atoms with Crippen molar-refractivity contribution in [1.82, 2.24) is 16.0 Å². The Bertz CT molecular complexity index is 416. The maximum absolute atomic E-state index is 11.9. The fourth-order valence-corrected chi connectivity index (χ4v) is 3.19. The van der Waals surface area contributed by atoms with Crippen LogP contribution in [0.5, 0.6) is 0 Å². The molecule has 0 radical (unpaired) electrons. The largest absolute Gasteiger partial charge is 0.444 e. The van der Waals surface area contributed by atoms with E-state index >= 15 is 0 Å². The molecule has 0 atom stereocenters. The van der Waals surface area contributed by atoms with E-state index < -0.39 is 5.60 Å². The smallest absolute Gasteiger partial charge is 0.407 e. The van der Waals surface area contributed by atoms with Gasteiger partial charge in [-0.15, -0.1) is 0 Å². The number of nitrogens with one attached hydrogen (secondary N) is 3. The molecule has 0 heterocycles. The number of ether oxygens (including phenoxy) is 1. The predicted octanol–water partition coefficient (Wildman–Crippen LogP) is 3.13. The molecular formula is C18H36N4O2S. The van der Waals surface area contributed by atoms with E-state index in [4.69, 9.17) is 4.74 Å². The summed E-state index contributed by atoms with van der Waals surface area (Å²) in [4.78, 5) is 16.5. The van der Waals surface area contributed by atoms with Crippen LogP contribution in [0.4, 0.5) is 4.79 Å². The first kappa shape index (κ1) is 21.9. The number of rotatable bonds is 7. The van der Waals surface area contributed by atoms with Gasteiger partial charge in [-0.05, 0) is 71.8 Å². The number of nitrogens with zero attached hydrogens (tertiary/aromatic N) is 1. The Labute approximate surface area is 157 Å². The standard InChI is InChI=1S/C18H36N4O2S/c1-6-19-16(20-12-7-13-25-5)21-14-8-10-15(11-9-14)22-17(23)24-18(2,3)4/h14-15H,6-13H2,1-5H3,(H,22,23)(H2,19,20,21). The van der Waals surface area contributed by atoms with Crippen molar-refractivity contribution in [1.29, 1.82) is 0 Å². The van der Waals surface area contributed by atoms with E-state index in [9.17, 15) is 4.79 Å². The lowest BCUT2D eigenvalue weighted by Crippen LogP contribution is -2.48. The lowest BCUT2D eigenvalue weighted by molar-refractivity contribution is 0.0490. The van der Waals surface area contributed by atoms with Crippen LogP contribution in [0.2, 0.25) is 0 Å². The average Bonchev–Trinajstić information content (AvgIpc) is 2.51. The van der Waals surface area contributed by atoms with Gasteiger partial charge in [0.25, 0.3) is 0 Å². The molecule has 0 spiro atoms. The van der Waals surface area contributed by atoms with Gasteiger partial charge in [0.1, 0.15) is 5.60 Å². The predicted molar refractivity (Wildman–Crippen MR) is 108 cm³/mol. The zero-order valence-electron chi connectivity index (χ0n) is 16.5. The normalized spacial score (nSPS) is 21.6. The average molecular weight is 373 g/mol. The summed E-state index contributed by atoms with van der Waals surface area (Å²) in [5.74, 6) is 2.05. The van der Waals surface area contributed by atoms with Crippen LogP contribution in [0.15, 0.2) is 4.99 Å². The topological polar surface area (TPSA) is 74.8 Å². The van der Waals surface area contributed by atoms with Crippen LogP contribution in [-0.4, -0.2) is 54.8 Å². The van der Waals surface area contributed by atoms with Gasteiger partial charge >= 0.3 is 6.09 Å². The van der Waals surface area contributed by atoms with E-state index in [1.807, 2.05) is 32.5 Å². The maximum Gasteiger partial charge on any atom is 0.407 e. The van der Waals surface area contributed by atoms with Crippen molar-refractivity contribution in [3.05, 3.63) is 0 Å². The van der Waals surface area contributed by atoms with E-state index in [1.54, 1.807) is 0 Å². The number of hydrogen-bond acceptors (Lipinski definition) is 4. The maximum atomic E-state index is 11.9. The second-order valence-electron chi connectivity index (χ2n) is 7.45. The van der Waals surface area contributed by atoms with Crippen LogP contribution in [0.25, 0.3) is 0 Å². The fourth-order valence-electron chi connectivity index (χ4n) is 2.77. The van der Waals surface area contributed by atoms with Gasteiger partial charge in [0.15, 0.2) is 5.96 Å². The number of hydrogen-bond donors (Lipinski definition) is 3. The molecule has 7 heteroatoms. The zero-order valence-corrected chi connectivity index (χ0v) is 17.3. The van der Waals surface area contributed by atoms with Gasteiger partial charge in [-0.2, -0.15) is 11.8 Å². The summed E-state index contributed by atoms with van der Waals surface area (Å²) < 4.78 is 5.33. The third-order valence-corrected chi connectivity index (χ3v) is 4.61. The first-order valence-electron chi connectivity index (χ1n) is 9.37. The molecule has 1 saturated carbocycles. The van der Waals surface area contributed by atoms with Gasteiger partial charge in [-0.25, -0.2) is 4.79 Å². The number of carbonyl (C=O) groups excluding carboxylic acids is 1. The van der Waals surface area contributed by atoms with Crippen molar-refractivity contribution >= 4 is 23.8 Å². The van der Waals surface area contributed by atoms with Gasteiger partial charge in [0.05, 0.1) is 0 Å². The highest BCUT2D eigenvalue weighted by Crippen LogP contribution is 2.19. The molecule has 25 heavy (non-hydrogen) atoms. The fraction of sp³-hybridized carbons (Fsp3) is 0.889. The molecule has 1 aliphatic carbocycles. The summed E-state index contributed by atoms with van der Waals surface area (Å²) in [5, 5.41) is 9.84. The van der Waals surface area contributed by atoms with E-state index in [2.05, 4.69) is 34.1 Å². The molecule has 1 rings (SSSR count). The molecule has 0 aliphatic heterocycles. The first-order valence-corrected chi connectivity index (χ1v) is 10.8. The van der Waals surface area contributed by atoms with Crippen LogP contribution < -0.4 is 16.0 Å². The summed E-state index contributed by atoms with van der Waals surface area (Å²) >= 11 is 1.86. The number of guanidine groups is 1. The van der Waals surface area contributed by atoms with Crippen LogP contribution in [0.3, 0.4) is 0 Å². The Balaban J connectivity index is 2.35. The second kappa shape index (κ2) is 11.5. The highest BCUT2D eigenvalue weighted by molar-refractivity contribution is 7.98. The summed E-state index contributed by atoms with van der Waals surface area (Å²) in [6.45, 7) is 9.45. The Morgan fingerprint density at radius 1 is 1.16 bits per heavy atom. The van der Waals surface area contributed by atoms with Gasteiger partial charge in [0, 0.05) is 25.2 Å². The molecule has 146 valence electrons. The Morgan fingerprint density at radius 3 is 2.28 bits per heavy atom. The third-order valence-electron chi connectivity index (χ3n) is 3.91. The quantitative estimate of drug-likeness (QED) is 0.364. The summed E-state index contributed by atoms with van der Waals surface area (Å²) in [6.07, 6.45) is 6.88. The molecule has 0 aromatic carbocycles. The lowest BCUT2D eigenvalue weighted by atomic mass is 9.91. The van der Waals surface area contributed by atoms with Gasteiger partial charge in [-0.3, -0.25) is 4.99 Å². The third kappa shape index (κ3) is 10.5. The van der Waals surface area contributed by atoms with Crippen molar-refractivity contribution in [2.75, 3.05) is 25.1 Å².